The number of rotatable bonds is 2. The number of thioether (sulfide) groups is 1. The van der Waals surface area contributed by atoms with E-state index < -0.39 is 0 Å². The minimum atomic E-state index is 0.109. The Balaban J connectivity index is 2.04. The second kappa shape index (κ2) is 5.93. The summed E-state index contributed by atoms with van der Waals surface area (Å²) in [6.45, 7) is 3.81. The third-order valence-electron chi connectivity index (χ3n) is 3.73. The average molecular weight is 301 g/mol. The van der Waals surface area contributed by atoms with Gasteiger partial charge in [0.25, 0.3) is 5.91 Å². The van der Waals surface area contributed by atoms with Crippen LogP contribution in [0.5, 0.6) is 0 Å². The third kappa shape index (κ3) is 2.83. The molecule has 1 aliphatic rings. The highest BCUT2D eigenvalue weighted by Crippen LogP contribution is 2.25. The SMILES string of the molecule is CNc1cc(C(=O)N2CCSC(C)C2)c2ccccc2n1. The molecule has 2 heterocycles. The Kier molecular flexibility index (Phi) is 4.01. The Hall–Kier alpha value is -1.75. The van der Waals surface area contributed by atoms with Crippen molar-refractivity contribution >= 4 is 34.4 Å². The maximum Gasteiger partial charge on any atom is 0.254 e. The molecule has 0 saturated carbocycles. The van der Waals surface area contributed by atoms with Crippen molar-refractivity contribution in [2.45, 2.75) is 12.2 Å². The monoisotopic (exact) mass is 301 g/mol. The summed E-state index contributed by atoms with van der Waals surface area (Å²) in [7, 11) is 1.82. The lowest BCUT2D eigenvalue weighted by Crippen LogP contribution is -2.41. The summed E-state index contributed by atoms with van der Waals surface area (Å²) < 4.78 is 0. The third-order valence-corrected chi connectivity index (χ3v) is 4.87. The smallest absolute Gasteiger partial charge is 0.254 e. The van der Waals surface area contributed by atoms with Crippen molar-refractivity contribution in [1.82, 2.24) is 9.88 Å². The van der Waals surface area contributed by atoms with E-state index in [9.17, 15) is 4.79 Å². The lowest BCUT2D eigenvalue weighted by Gasteiger charge is -2.31. The molecule has 0 aliphatic carbocycles. The molecule has 1 saturated heterocycles. The van der Waals surface area contributed by atoms with E-state index in [0.29, 0.717) is 5.25 Å². The predicted molar refractivity (Wildman–Crippen MR) is 89.1 cm³/mol. The van der Waals surface area contributed by atoms with Crippen molar-refractivity contribution in [3.05, 3.63) is 35.9 Å². The molecule has 1 atom stereocenters. The zero-order chi connectivity index (χ0) is 14.8. The van der Waals surface area contributed by atoms with Crippen molar-refractivity contribution in [1.29, 1.82) is 0 Å². The van der Waals surface area contributed by atoms with Crippen LogP contribution in [0.1, 0.15) is 17.3 Å². The highest BCUT2D eigenvalue weighted by atomic mass is 32.2. The Morgan fingerprint density at radius 2 is 2.24 bits per heavy atom. The first kappa shape index (κ1) is 14.2. The first-order valence-corrected chi connectivity index (χ1v) is 8.22. The molecule has 1 aromatic heterocycles. The number of amides is 1. The number of hydrogen-bond donors (Lipinski definition) is 1. The second-order valence-electron chi connectivity index (χ2n) is 5.25. The number of hydrogen-bond acceptors (Lipinski definition) is 4. The Labute approximate surface area is 128 Å². The molecule has 5 heteroatoms. The van der Waals surface area contributed by atoms with Crippen molar-refractivity contribution in [2.24, 2.45) is 0 Å². The molecule has 0 bridgehead atoms. The van der Waals surface area contributed by atoms with E-state index in [4.69, 9.17) is 0 Å². The molecule has 2 aromatic rings. The molecule has 1 fully saturated rings. The number of nitrogens with zero attached hydrogens (tertiary/aromatic N) is 2. The van der Waals surface area contributed by atoms with Gasteiger partial charge in [0.05, 0.1) is 11.1 Å². The maximum atomic E-state index is 12.9. The number of benzene rings is 1. The highest BCUT2D eigenvalue weighted by molar-refractivity contribution is 7.99. The first-order valence-electron chi connectivity index (χ1n) is 7.17. The van der Waals surface area contributed by atoms with Gasteiger partial charge in [-0.25, -0.2) is 4.98 Å². The van der Waals surface area contributed by atoms with Crippen molar-refractivity contribution < 1.29 is 4.79 Å². The van der Waals surface area contributed by atoms with Crippen LogP contribution in [0.2, 0.25) is 0 Å². The van der Waals surface area contributed by atoms with E-state index in [2.05, 4.69) is 17.2 Å². The van der Waals surface area contributed by atoms with E-state index in [1.54, 1.807) is 0 Å². The number of anilines is 1. The first-order chi connectivity index (χ1) is 10.2. The molecule has 4 nitrogen and oxygen atoms in total. The van der Waals surface area contributed by atoms with Gasteiger partial charge in [-0.3, -0.25) is 4.79 Å². The van der Waals surface area contributed by atoms with Gasteiger partial charge in [0.1, 0.15) is 5.82 Å². The average Bonchev–Trinajstić information content (AvgIpc) is 2.53. The van der Waals surface area contributed by atoms with Crippen LogP contribution in [0, 0.1) is 0 Å². The number of pyridine rings is 1. The van der Waals surface area contributed by atoms with Gasteiger partial charge >= 0.3 is 0 Å². The Morgan fingerprint density at radius 1 is 1.43 bits per heavy atom. The highest BCUT2D eigenvalue weighted by Gasteiger charge is 2.24. The normalized spacial score (nSPS) is 18.8. The fourth-order valence-corrected chi connectivity index (χ4v) is 3.67. The summed E-state index contributed by atoms with van der Waals surface area (Å²) >= 11 is 1.93. The fourth-order valence-electron chi connectivity index (χ4n) is 2.65. The zero-order valence-corrected chi connectivity index (χ0v) is 13.1. The predicted octanol–water partition coefficient (Wildman–Crippen LogP) is 2.85. The van der Waals surface area contributed by atoms with Crippen LogP contribution in [-0.4, -0.2) is 46.9 Å². The standard InChI is InChI=1S/C16H19N3OS/c1-11-10-19(7-8-21-11)16(20)13-9-15(17-2)18-14-6-4-3-5-12(13)14/h3-6,9,11H,7-8,10H2,1-2H3,(H,17,18). The molecule has 1 amide bonds. The Morgan fingerprint density at radius 3 is 3.00 bits per heavy atom. The van der Waals surface area contributed by atoms with E-state index in [1.165, 1.54) is 0 Å². The Bertz CT molecular complexity index is 674. The summed E-state index contributed by atoms with van der Waals surface area (Å²) in [6, 6.07) is 9.67. The molecular weight excluding hydrogens is 282 g/mol. The number of carbonyl (C=O) groups is 1. The molecule has 0 radical (unpaired) electrons. The number of fused-ring (bicyclic) bond motifs is 1. The second-order valence-corrected chi connectivity index (χ2v) is 6.80. The van der Waals surface area contributed by atoms with Crippen LogP contribution >= 0.6 is 11.8 Å². The number of para-hydroxylation sites is 1. The lowest BCUT2D eigenvalue weighted by atomic mass is 10.1. The van der Waals surface area contributed by atoms with E-state index in [1.807, 2.05) is 54.0 Å². The summed E-state index contributed by atoms with van der Waals surface area (Å²) in [5.41, 5.74) is 1.59. The molecule has 110 valence electrons. The van der Waals surface area contributed by atoms with Crippen LogP contribution in [0.15, 0.2) is 30.3 Å². The molecule has 21 heavy (non-hydrogen) atoms. The van der Waals surface area contributed by atoms with Crippen LogP contribution < -0.4 is 5.32 Å². The van der Waals surface area contributed by atoms with Gasteiger partial charge in [-0.1, -0.05) is 25.1 Å². The van der Waals surface area contributed by atoms with Crippen LogP contribution in [0.3, 0.4) is 0 Å². The quantitative estimate of drug-likeness (QED) is 0.926. The van der Waals surface area contributed by atoms with E-state index in [0.717, 1.165) is 41.1 Å². The fraction of sp³-hybridized carbons (Fsp3) is 0.375. The van der Waals surface area contributed by atoms with Crippen molar-refractivity contribution in [2.75, 3.05) is 31.2 Å². The molecule has 1 aliphatic heterocycles. The van der Waals surface area contributed by atoms with E-state index in [-0.39, 0.29) is 5.91 Å². The van der Waals surface area contributed by atoms with Crippen molar-refractivity contribution in [3.63, 3.8) is 0 Å². The molecule has 0 spiro atoms. The van der Waals surface area contributed by atoms with Crippen LogP contribution in [-0.2, 0) is 0 Å². The minimum Gasteiger partial charge on any atom is -0.373 e. The summed E-state index contributed by atoms with van der Waals surface area (Å²) in [5.74, 6) is 1.85. The van der Waals surface area contributed by atoms with Gasteiger partial charge in [-0.2, -0.15) is 11.8 Å². The molecule has 1 unspecified atom stereocenters. The summed E-state index contributed by atoms with van der Waals surface area (Å²) in [5, 5.41) is 4.46. The molecule has 1 aromatic carbocycles. The molecular formula is C16H19N3OS. The van der Waals surface area contributed by atoms with Gasteiger partial charge < -0.3 is 10.2 Å². The number of nitrogens with one attached hydrogen (secondary N) is 1. The van der Waals surface area contributed by atoms with E-state index >= 15 is 0 Å². The number of aromatic nitrogens is 1. The van der Waals surface area contributed by atoms with Gasteiger partial charge in [0.2, 0.25) is 0 Å². The summed E-state index contributed by atoms with van der Waals surface area (Å²) in [6.07, 6.45) is 0. The summed E-state index contributed by atoms with van der Waals surface area (Å²) in [4.78, 5) is 19.4. The largest absolute Gasteiger partial charge is 0.373 e. The number of carbonyl (C=O) groups excluding carboxylic acids is 1. The molecule has 3 rings (SSSR count). The lowest BCUT2D eigenvalue weighted by molar-refractivity contribution is 0.0765. The van der Waals surface area contributed by atoms with Gasteiger partial charge in [-0.15, -0.1) is 0 Å². The van der Waals surface area contributed by atoms with Gasteiger partial charge in [0.15, 0.2) is 0 Å². The zero-order valence-electron chi connectivity index (χ0n) is 12.3. The van der Waals surface area contributed by atoms with Crippen molar-refractivity contribution in [3.8, 4) is 0 Å². The van der Waals surface area contributed by atoms with Crippen LogP contribution in [0.4, 0.5) is 5.82 Å². The molecule has 1 N–H and O–H groups in total. The van der Waals surface area contributed by atoms with Crippen LogP contribution in [0.25, 0.3) is 10.9 Å². The van der Waals surface area contributed by atoms with Gasteiger partial charge in [-0.05, 0) is 12.1 Å². The minimum absolute atomic E-state index is 0.109. The topological polar surface area (TPSA) is 45.2 Å². The maximum absolute atomic E-state index is 12.9. The van der Waals surface area contributed by atoms with Gasteiger partial charge in [0, 0.05) is 36.5 Å².